The second-order valence-corrected chi connectivity index (χ2v) is 5.14. The molecule has 0 spiro atoms. The molecule has 0 saturated heterocycles. The van der Waals surface area contributed by atoms with E-state index in [9.17, 15) is 8.42 Å². The smallest absolute Gasteiger partial charge is 0.238 e. The van der Waals surface area contributed by atoms with Crippen LogP contribution in [-0.2, 0) is 10.0 Å². The van der Waals surface area contributed by atoms with Crippen molar-refractivity contribution in [1.82, 2.24) is 0 Å². The monoisotopic (exact) mass is 243 g/mol. The molecule has 1 aromatic rings. The third kappa shape index (κ3) is 3.39. The molecule has 0 aliphatic carbocycles. The van der Waals surface area contributed by atoms with Crippen LogP contribution in [-0.4, -0.2) is 15.0 Å². The van der Waals surface area contributed by atoms with Crippen molar-refractivity contribution in [3.8, 4) is 0 Å². The largest absolute Gasteiger partial charge is 0.397 e. The zero-order valence-electron chi connectivity index (χ0n) is 9.23. The van der Waals surface area contributed by atoms with Crippen LogP contribution in [0.3, 0.4) is 0 Å². The average molecular weight is 243 g/mol. The van der Waals surface area contributed by atoms with Crippen LogP contribution in [0.4, 0.5) is 11.4 Å². The summed E-state index contributed by atoms with van der Waals surface area (Å²) >= 11 is 0. The van der Waals surface area contributed by atoms with E-state index in [-0.39, 0.29) is 4.90 Å². The summed E-state index contributed by atoms with van der Waals surface area (Å²) in [6, 6.07) is 4.39. The highest BCUT2D eigenvalue weighted by atomic mass is 32.2. The van der Waals surface area contributed by atoms with Crippen molar-refractivity contribution in [3.63, 3.8) is 0 Å². The normalized spacial score (nSPS) is 11.4. The number of rotatable bonds is 5. The van der Waals surface area contributed by atoms with E-state index in [0.717, 1.165) is 19.4 Å². The van der Waals surface area contributed by atoms with Gasteiger partial charge in [0.25, 0.3) is 0 Å². The number of nitrogens with one attached hydrogen (secondary N) is 1. The molecule has 16 heavy (non-hydrogen) atoms. The van der Waals surface area contributed by atoms with Crippen LogP contribution < -0.4 is 16.2 Å². The van der Waals surface area contributed by atoms with Crippen molar-refractivity contribution in [2.75, 3.05) is 17.6 Å². The number of unbranched alkanes of at least 4 members (excludes halogenated alkanes) is 1. The van der Waals surface area contributed by atoms with Crippen molar-refractivity contribution in [3.05, 3.63) is 18.2 Å². The Morgan fingerprint density at radius 2 is 2.06 bits per heavy atom. The number of benzene rings is 1. The van der Waals surface area contributed by atoms with E-state index in [2.05, 4.69) is 12.2 Å². The maximum atomic E-state index is 11.1. The molecule has 0 aliphatic heterocycles. The molecule has 0 atom stereocenters. The first-order valence-corrected chi connectivity index (χ1v) is 6.66. The number of primary sulfonamides is 1. The van der Waals surface area contributed by atoms with Gasteiger partial charge in [-0.2, -0.15) is 0 Å². The van der Waals surface area contributed by atoms with E-state index in [4.69, 9.17) is 10.9 Å². The average Bonchev–Trinajstić information content (AvgIpc) is 2.19. The van der Waals surface area contributed by atoms with Gasteiger partial charge in [0.05, 0.1) is 16.3 Å². The van der Waals surface area contributed by atoms with E-state index in [1.807, 2.05) is 0 Å². The molecule has 0 aromatic heterocycles. The highest BCUT2D eigenvalue weighted by Crippen LogP contribution is 2.22. The Kier molecular flexibility index (Phi) is 4.14. The lowest BCUT2D eigenvalue weighted by molar-refractivity contribution is 0.598. The summed E-state index contributed by atoms with van der Waals surface area (Å²) in [6.45, 7) is 2.83. The van der Waals surface area contributed by atoms with Crippen LogP contribution in [0, 0.1) is 0 Å². The number of nitrogen functional groups attached to an aromatic ring is 1. The van der Waals surface area contributed by atoms with Crippen molar-refractivity contribution >= 4 is 21.4 Å². The Hall–Kier alpha value is -1.27. The molecule has 1 rings (SSSR count). The van der Waals surface area contributed by atoms with Gasteiger partial charge in [0, 0.05) is 6.54 Å². The summed E-state index contributed by atoms with van der Waals surface area (Å²) in [4.78, 5) is 0.0701. The van der Waals surface area contributed by atoms with Crippen LogP contribution in [0.2, 0.25) is 0 Å². The van der Waals surface area contributed by atoms with Gasteiger partial charge >= 0.3 is 0 Å². The predicted octanol–water partition coefficient (Wildman–Crippen LogP) is 1.13. The Morgan fingerprint density at radius 1 is 1.38 bits per heavy atom. The number of hydrogen-bond acceptors (Lipinski definition) is 4. The minimum absolute atomic E-state index is 0.0701. The summed E-state index contributed by atoms with van der Waals surface area (Å²) in [5, 5.41) is 8.12. The number of hydrogen-bond donors (Lipinski definition) is 3. The van der Waals surface area contributed by atoms with Gasteiger partial charge < -0.3 is 11.1 Å². The summed E-state index contributed by atoms with van der Waals surface area (Å²) in [6.07, 6.45) is 2.06. The summed E-state index contributed by atoms with van der Waals surface area (Å²) in [7, 11) is -3.67. The lowest BCUT2D eigenvalue weighted by Crippen LogP contribution is -2.13. The summed E-state index contributed by atoms with van der Waals surface area (Å²) in [5.41, 5.74) is 6.85. The third-order valence-corrected chi connectivity index (χ3v) is 3.11. The van der Waals surface area contributed by atoms with Gasteiger partial charge in [-0.1, -0.05) is 13.3 Å². The van der Waals surface area contributed by atoms with Crippen LogP contribution in [0.15, 0.2) is 23.1 Å². The first-order valence-electron chi connectivity index (χ1n) is 5.11. The molecule has 0 saturated carbocycles. The van der Waals surface area contributed by atoms with Gasteiger partial charge in [-0.25, -0.2) is 13.6 Å². The molecular weight excluding hydrogens is 226 g/mol. The Bertz CT molecular complexity index is 457. The molecule has 0 fully saturated rings. The molecule has 0 amide bonds. The van der Waals surface area contributed by atoms with Crippen LogP contribution in [0.25, 0.3) is 0 Å². The quantitative estimate of drug-likeness (QED) is 0.533. The Morgan fingerprint density at radius 3 is 2.62 bits per heavy atom. The number of nitrogens with two attached hydrogens (primary N) is 2. The minimum atomic E-state index is -3.67. The third-order valence-electron chi connectivity index (χ3n) is 2.20. The first-order chi connectivity index (χ1) is 7.45. The Labute approximate surface area is 95.9 Å². The standard InChI is InChI=1S/C10H17N3O2S/c1-2-3-6-13-10-7-8(16(12,14)15)4-5-9(10)11/h4-5,7,13H,2-3,6,11H2,1H3,(H2,12,14,15). The fourth-order valence-corrected chi connectivity index (χ4v) is 1.81. The topological polar surface area (TPSA) is 98.2 Å². The van der Waals surface area contributed by atoms with Crippen LogP contribution >= 0.6 is 0 Å². The van der Waals surface area contributed by atoms with Gasteiger partial charge in [0.15, 0.2) is 0 Å². The van der Waals surface area contributed by atoms with Crippen molar-refractivity contribution in [2.24, 2.45) is 5.14 Å². The van der Waals surface area contributed by atoms with E-state index >= 15 is 0 Å². The molecule has 5 nitrogen and oxygen atoms in total. The summed E-state index contributed by atoms with van der Waals surface area (Å²) < 4.78 is 22.3. The number of sulfonamides is 1. The second-order valence-electron chi connectivity index (χ2n) is 3.57. The molecule has 5 N–H and O–H groups in total. The van der Waals surface area contributed by atoms with Gasteiger partial charge in [0.1, 0.15) is 0 Å². The molecule has 0 aliphatic rings. The van der Waals surface area contributed by atoms with E-state index in [1.54, 1.807) is 0 Å². The molecular formula is C10H17N3O2S. The molecule has 6 heteroatoms. The molecule has 1 aromatic carbocycles. The zero-order chi connectivity index (χ0) is 12.2. The lowest BCUT2D eigenvalue weighted by atomic mass is 10.2. The van der Waals surface area contributed by atoms with Crippen molar-refractivity contribution < 1.29 is 8.42 Å². The highest BCUT2D eigenvalue weighted by Gasteiger charge is 2.09. The molecule has 0 radical (unpaired) electrons. The van der Waals surface area contributed by atoms with Crippen LogP contribution in [0.1, 0.15) is 19.8 Å². The fraction of sp³-hybridized carbons (Fsp3) is 0.400. The molecule has 0 unspecified atom stereocenters. The van der Waals surface area contributed by atoms with E-state index in [0.29, 0.717) is 11.4 Å². The van der Waals surface area contributed by atoms with Crippen LogP contribution in [0.5, 0.6) is 0 Å². The van der Waals surface area contributed by atoms with Gasteiger partial charge in [-0.15, -0.1) is 0 Å². The number of anilines is 2. The lowest BCUT2D eigenvalue weighted by Gasteiger charge is -2.10. The summed E-state index contributed by atoms with van der Waals surface area (Å²) in [5.74, 6) is 0. The molecule has 0 bridgehead atoms. The van der Waals surface area contributed by atoms with Crippen molar-refractivity contribution in [2.45, 2.75) is 24.7 Å². The first kappa shape index (κ1) is 12.8. The minimum Gasteiger partial charge on any atom is -0.397 e. The maximum absolute atomic E-state index is 11.1. The second kappa shape index (κ2) is 5.18. The van der Waals surface area contributed by atoms with Gasteiger partial charge in [-0.3, -0.25) is 0 Å². The Balaban J connectivity index is 2.91. The van der Waals surface area contributed by atoms with Crippen molar-refractivity contribution in [1.29, 1.82) is 0 Å². The van der Waals surface area contributed by atoms with E-state index < -0.39 is 10.0 Å². The fourth-order valence-electron chi connectivity index (χ4n) is 1.27. The highest BCUT2D eigenvalue weighted by molar-refractivity contribution is 7.89. The van der Waals surface area contributed by atoms with Gasteiger partial charge in [-0.05, 0) is 24.6 Å². The maximum Gasteiger partial charge on any atom is 0.238 e. The molecule has 0 heterocycles. The van der Waals surface area contributed by atoms with E-state index in [1.165, 1.54) is 18.2 Å². The predicted molar refractivity (Wildman–Crippen MR) is 65.6 cm³/mol. The molecule has 90 valence electrons. The zero-order valence-corrected chi connectivity index (χ0v) is 10.0. The van der Waals surface area contributed by atoms with Gasteiger partial charge in [0.2, 0.25) is 10.0 Å². The SMILES string of the molecule is CCCCNc1cc(S(N)(=O)=O)ccc1N.